The van der Waals surface area contributed by atoms with Crippen LogP contribution < -0.4 is 4.74 Å². The summed E-state index contributed by atoms with van der Waals surface area (Å²) in [6, 6.07) is 10.7. The number of aliphatic imine (C=N–C) groups is 1. The number of halogens is 2. The van der Waals surface area contributed by atoms with Crippen molar-refractivity contribution in [1.82, 2.24) is 0 Å². The Morgan fingerprint density at radius 2 is 1.88 bits per heavy atom. The molecule has 0 radical (unpaired) electrons. The van der Waals surface area contributed by atoms with Gasteiger partial charge in [0.15, 0.2) is 5.82 Å². The third kappa shape index (κ3) is 5.13. The van der Waals surface area contributed by atoms with Crippen molar-refractivity contribution in [3.8, 4) is 17.6 Å². The van der Waals surface area contributed by atoms with Crippen LogP contribution in [-0.2, 0) is 0 Å². The van der Waals surface area contributed by atoms with Crippen LogP contribution in [0.4, 0.5) is 10.1 Å². The van der Waals surface area contributed by atoms with E-state index in [1.807, 2.05) is 53.8 Å². The number of hydrogen-bond donors (Lipinski definition) is 0. The Hall–Kier alpha value is -1.74. The van der Waals surface area contributed by atoms with E-state index in [0.717, 1.165) is 17.7 Å². The van der Waals surface area contributed by atoms with Crippen LogP contribution in [0.2, 0.25) is 0 Å². The molecule has 0 fully saturated rings. The monoisotopic (exact) mass is 451 g/mol. The SMILES string of the molecule is CCC(C)Oc1ccc(C#Cc2cc(F)c(N=C=S)c(I)c2)cc1. The zero-order chi connectivity index (χ0) is 17.5. The van der Waals surface area contributed by atoms with Crippen LogP contribution in [0.15, 0.2) is 41.4 Å². The van der Waals surface area contributed by atoms with Crippen molar-refractivity contribution in [2.24, 2.45) is 4.99 Å². The molecule has 24 heavy (non-hydrogen) atoms. The van der Waals surface area contributed by atoms with Gasteiger partial charge < -0.3 is 4.74 Å². The van der Waals surface area contributed by atoms with Gasteiger partial charge in [0.1, 0.15) is 11.4 Å². The lowest BCUT2D eigenvalue weighted by molar-refractivity contribution is 0.217. The molecule has 1 unspecified atom stereocenters. The van der Waals surface area contributed by atoms with Crippen LogP contribution >= 0.6 is 34.8 Å². The average Bonchev–Trinajstić information content (AvgIpc) is 2.57. The van der Waals surface area contributed by atoms with E-state index in [0.29, 0.717) is 9.13 Å². The van der Waals surface area contributed by atoms with E-state index >= 15 is 0 Å². The van der Waals surface area contributed by atoms with Crippen molar-refractivity contribution >= 4 is 45.7 Å². The molecule has 0 aliphatic carbocycles. The van der Waals surface area contributed by atoms with Gasteiger partial charge >= 0.3 is 0 Å². The van der Waals surface area contributed by atoms with Crippen LogP contribution in [0.25, 0.3) is 0 Å². The molecule has 0 amide bonds. The van der Waals surface area contributed by atoms with E-state index in [9.17, 15) is 4.39 Å². The molecule has 2 aromatic rings. The molecular weight excluding hydrogens is 436 g/mol. The van der Waals surface area contributed by atoms with Gasteiger partial charge in [-0.15, -0.1) is 0 Å². The summed E-state index contributed by atoms with van der Waals surface area (Å²) in [7, 11) is 0. The van der Waals surface area contributed by atoms with E-state index in [1.54, 1.807) is 6.07 Å². The van der Waals surface area contributed by atoms with Crippen molar-refractivity contribution in [2.75, 3.05) is 0 Å². The number of ether oxygens (including phenoxy) is 1. The zero-order valence-corrected chi connectivity index (χ0v) is 16.2. The molecule has 0 N–H and O–H groups in total. The molecule has 0 aromatic heterocycles. The molecule has 122 valence electrons. The second-order valence-electron chi connectivity index (χ2n) is 5.10. The molecule has 0 bridgehead atoms. The molecule has 0 saturated carbocycles. The summed E-state index contributed by atoms with van der Waals surface area (Å²) in [6.07, 6.45) is 1.13. The molecule has 0 saturated heterocycles. The minimum absolute atomic E-state index is 0.181. The van der Waals surface area contributed by atoms with Crippen molar-refractivity contribution < 1.29 is 9.13 Å². The number of rotatable bonds is 4. The van der Waals surface area contributed by atoms with Gasteiger partial charge in [0, 0.05) is 14.7 Å². The van der Waals surface area contributed by atoms with Crippen LogP contribution in [0.3, 0.4) is 0 Å². The molecule has 0 heterocycles. The van der Waals surface area contributed by atoms with Gasteiger partial charge in [-0.1, -0.05) is 18.8 Å². The van der Waals surface area contributed by atoms with Gasteiger partial charge in [-0.25, -0.2) is 4.39 Å². The van der Waals surface area contributed by atoms with Crippen molar-refractivity contribution in [3.63, 3.8) is 0 Å². The summed E-state index contributed by atoms with van der Waals surface area (Å²) in [5.74, 6) is 6.34. The molecular formula is C19H15FINOS. The van der Waals surface area contributed by atoms with E-state index in [2.05, 4.69) is 41.1 Å². The Bertz CT molecular complexity index is 810. The number of benzene rings is 2. The smallest absolute Gasteiger partial charge is 0.151 e. The lowest BCUT2D eigenvalue weighted by Gasteiger charge is -2.11. The second kappa shape index (κ2) is 8.93. The third-order valence-corrected chi connectivity index (χ3v) is 4.21. The highest BCUT2D eigenvalue weighted by atomic mass is 127. The van der Waals surface area contributed by atoms with Gasteiger partial charge in [0.25, 0.3) is 0 Å². The predicted octanol–water partition coefficient (Wildman–Crippen LogP) is 5.74. The number of hydrogen-bond acceptors (Lipinski definition) is 3. The van der Waals surface area contributed by atoms with E-state index in [-0.39, 0.29) is 11.8 Å². The van der Waals surface area contributed by atoms with Gasteiger partial charge in [0.2, 0.25) is 0 Å². The van der Waals surface area contributed by atoms with Crippen molar-refractivity contribution in [1.29, 1.82) is 0 Å². The maximum Gasteiger partial charge on any atom is 0.151 e. The minimum Gasteiger partial charge on any atom is -0.491 e. The first-order valence-corrected chi connectivity index (χ1v) is 8.87. The van der Waals surface area contributed by atoms with Gasteiger partial charge in [0.05, 0.1) is 11.3 Å². The van der Waals surface area contributed by atoms with E-state index in [1.165, 1.54) is 6.07 Å². The third-order valence-electron chi connectivity index (χ3n) is 3.29. The Kier molecular flexibility index (Phi) is 6.92. The summed E-state index contributed by atoms with van der Waals surface area (Å²) in [6.45, 7) is 4.11. The zero-order valence-electron chi connectivity index (χ0n) is 13.3. The molecule has 0 spiro atoms. The molecule has 2 rings (SSSR count). The van der Waals surface area contributed by atoms with Crippen molar-refractivity contribution in [3.05, 3.63) is 56.9 Å². The highest BCUT2D eigenvalue weighted by molar-refractivity contribution is 14.1. The fourth-order valence-corrected chi connectivity index (χ4v) is 2.67. The summed E-state index contributed by atoms with van der Waals surface area (Å²) >= 11 is 6.52. The Balaban J connectivity index is 2.19. The molecule has 1 atom stereocenters. The standard InChI is InChI=1S/C19H15FINOS/c1-3-13(2)23-16-8-6-14(7-9-16)4-5-15-10-17(20)19(22-12-24)18(21)11-15/h6-11,13H,3H2,1-2H3. The minimum atomic E-state index is -0.458. The second-order valence-corrected chi connectivity index (χ2v) is 6.45. The Morgan fingerprint density at radius 1 is 1.21 bits per heavy atom. The normalized spacial score (nSPS) is 11.0. The predicted molar refractivity (Wildman–Crippen MR) is 107 cm³/mol. The number of thiocarbonyl (C=S) groups is 1. The summed E-state index contributed by atoms with van der Waals surface area (Å²) in [4.78, 5) is 3.73. The fraction of sp³-hybridized carbons (Fsp3) is 0.211. The van der Waals surface area contributed by atoms with E-state index in [4.69, 9.17) is 4.74 Å². The quantitative estimate of drug-likeness (QED) is 0.256. The highest BCUT2D eigenvalue weighted by Gasteiger charge is 2.07. The van der Waals surface area contributed by atoms with Crippen LogP contribution in [0, 0.1) is 21.2 Å². The largest absolute Gasteiger partial charge is 0.491 e. The molecule has 0 aliphatic heterocycles. The molecule has 5 heteroatoms. The molecule has 2 nitrogen and oxygen atoms in total. The maximum atomic E-state index is 14.0. The van der Waals surface area contributed by atoms with E-state index < -0.39 is 5.82 Å². The van der Waals surface area contributed by atoms with Crippen LogP contribution in [0.5, 0.6) is 5.75 Å². The van der Waals surface area contributed by atoms with Gasteiger partial charge in [-0.2, -0.15) is 4.99 Å². The maximum absolute atomic E-state index is 14.0. The fourth-order valence-electron chi connectivity index (χ4n) is 1.87. The number of nitrogens with zero attached hydrogens (tertiary/aromatic N) is 1. The summed E-state index contributed by atoms with van der Waals surface area (Å²) in [5, 5.41) is 2.18. The summed E-state index contributed by atoms with van der Waals surface area (Å²) < 4.78 is 20.3. The number of isothiocyanates is 1. The average molecular weight is 451 g/mol. The van der Waals surface area contributed by atoms with Gasteiger partial charge in [-0.3, -0.25) is 0 Å². The first kappa shape index (κ1) is 18.6. The van der Waals surface area contributed by atoms with Crippen LogP contribution in [0.1, 0.15) is 31.4 Å². The van der Waals surface area contributed by atoms with Gasteiger partial charge in [-0.05, 0) is 84.6 Å². The highest BCUT2D eigenvalue weighted by Crippen LogP contribution is 2.26. The summed E-state index contributed by atoms with van der Waals surface area (Å²) in [5.41, 5.74) is 1.62. The molecule has 2 aromatic carbocycles. The molecule has 0 aliphatic rings. The lowest BCUT2D eigenvalue weighted by atomic mass is 10.1. The first-order valence-electron chi connectivity index (χ1n) is 7.39. The topological polar surface area (TPSA) is 21.6 Å². The first-order chi connectivity index (χ1) is 11.5. The Labute approximate surface area is 160 Å². The Morgan fingerprint density at radius 3 is 2.46 bits per heavy atom. The lowest BCUT2D eigenvalue weighted by Crippen LogP contribution is -2.09. The van der Waals surface area contributed by atoms with Crippen molar-refractivity contribution in [2.45, 2.75) is 26.4 Å². The van der Waals surface area contributed by atoms with Crippen LogP contribution in [-0.4, -0.2) is 11.3 Å².